The van der Waals surface area contributed by atoms with Crippen LogP contribution in [0, 0.1) is 0 Å². The molecule has 0 aliphatic carbocycles. The third-order valence-electron chi connectivity index (χ3n) is 5.44. The van der Waals surface area contributed by atoms with Crippen molar-refractivity contribution in [2.75, 3.05) is 13.2 Å². The second-order valence-corrected chi connectivity index (χ2v) is 8.09. The van der Waals surface area contributed by atoms with Gasteiger partial charge in [-0.25, -0.2) is 0 Å². The van der Waals surface area contributed by atoms with Crippen molar-refractivity contribution in [1.29, 1.82) is 0 Å². The molecule has 1 aliphatic rings. The van der Waals surface area contributed by atoms with Crippen molar-refractivity contribution in [3.63, 3.8) is 0 Å². The van der Waals surface area contributed by atoms with E-state index in [1.807, 2.05) is 6.92 Å². The quantitative estimate of drug-likeness (QED) is 0.288. The molecule has 1 aliphatic heterocycles. The normalized spacial score (nSPS) is 27.1. The van der Waals surface area contributed by atoms with Crippen molar-refractivity contribution >= 4 is 5.91 Å². The summed E-state index contributed by atoms with van der Waals surface area (Å²) in [6.45, 7) is 5.09. The van der Waals surface area contributed by atoms with Crippen molar-refractivity contribution in [2.45, 2.75) is 122 Å². The van der Waals surface area contributed by atoms with Gasteiger partial charge in [0, 0.05) is 13.2 Å². The van der Waals surface area contributed by atoms with E-state index in [0.29, 0.717) is 13.2 Å². The van der Waals surface area contributed by atoms with Crippen LogP contribution in [0.1, 0.15) is 90.9 Å². The maximum Gasteiger partial charge on any atom is 0.252 e. The average Bonchev–Trinajstić information content (AvgIpc) is 2.72. The Balaban J connectivity index is 2.20. The average molecular weight is 418 g/mol. The van der Waals surface area contributed by atoms with Crippen LogP contribution in [0.2, 0.25) is 0 Å². The van der Waals surface area contributed by atoms with Crippen molar-refractivity contribution in [3.05, 3.63) is 0 Å². The molecule has 2 unspecified atom stereocenters. The van der Waals surface area contributed by atoms with Gasteiger partial charge in [0.2, 0.25) is 0 Å². The highest BCUT2D eigenvalue weighted by Gasteiger charge is 2.47. The van der Waals surface area contributed by atoms with Gasteiger partial charge in [0.1, 0.15) is 18.3 Å². The third kappa shape index (κ3) is 10.2. The number of carbonyl (C=O) groups is 1. The minimum atomic E-state index is -1.48. The van der Waals surface area contributed by atoms with E-state index >= 15 is 0 Å². The van der Waals surface area contributed by atoms with Crippen LogP contribution in [-0.2, 0) is 14.3 Å². The molecular formula is C22H43NO6. The molecule has 7 heteroatoms. The van der Waals surface area contributed by atoms with Crippen LogP contribution in [-0.4, -0.2) is 65.1 Å². The Hall–Kier alpha value is -0.730. The van der Waals surface area contributed by atoms with E-state index in [-0.39, 0.29) is 0 Å². The second-order valence-electron chi connectivity index (χ2n) is 8.09. The van der Waals surface area contributed by atoms with Gasteiger partial charge in [-0.2, -0.15) is 0 Å². The number of ether oxygens (including phenoxy) is 2. The first-order valence-corrected chi connectivity index (χ1v) is 11.6. The van der Waals surface area contributed by atoms with Gasteiger partial charge < -0.3 is 30.1 Å². The fourth-order valence-electron chi connectivity index (χ4n) is 3.47. The van der Waals surface area contributed by atoms with Gasteiger partial charge in [-0.1, -0.05) is 78.1 Å². The number of hydrogen-bond donors (Lipinski definition) is 4. The standard InChI is InChI=1S/C22H43NO6/c1-3-5-7-8-9-10-11-12-13-14-15-23-21(27)20-18(25)17(24)19(26)22(29-20)28-16-6-4-2/h17-20,22,24-26H,3-16H2,1-2H3,(H,23,27)/t17-,18-,19?,20?,22+/m0/s1. The zero-order valence-electron chi connectivity index (χ0n) is 18.4. The topological polar surface area (TPSA) is 108 Å². The predicted molar refractivity (Wildman–Crippen MR) is 112 cm³/mol. The molecule has 0 spiro atoms. The van der Waals surface area contributed by atoms with Gasteiger partial charge in [0.05, 0.1) is 0 Å². The lowest BCUT2D eigenvalue weighted by atomic mass is 9.98. The summed E-state index contributed by atoms with van der Waals surface area (Å²) in [6, 6.07) is 0. The number of rotatable bonds is 16. The molecule has 7 nitrogen and oxygen atoms in total. The van der Waals surface area contributed by atoms with Gasteiger partial charge >= 0.3 is 0 Å². The molecule has 5 atom stereocenters. The summed E-state index contributed by atoms with van der Waals surface area (Å²) >= 11 is 0. The highest BCUT2D eigenvalue weighted by molar-refractivity contribution is 5.81. The van der Waals surface area contributed by atoms with E-state index in [1.165, 1.54) is 44.9 Å². The van der Waals surface area contributed by atoms with Crippen molar-refractivity contribution in [3.8, 4) is 0 Å². The highest BCUT2D eigenvalue weighted by atomic mass is 16.7. The van der Waals surface area contributed by atoms with Crippen LogP contribution in [0.25, 0.3) is 0 Å². The van der Waals surface area contributed by atoms with Crippen LogP contribution in [0.4, 0.5) is 0 Å². The molecule has 0 aromatic carbocycles. The lowest BCUT2D eigenvalue weighted by molar-refractivity contribution is -0.290. The molecule has 29 heavy (non-hydrogen) atoms. The lowest BCUT2D eigenvalue weighted by Crippen LogP contribution is -2.62. The van der Waals surface area contributed by atoms with Crippen LogP contribution in [0.15, 0.2) is 0 Å². The van der Waals surface area contributed by atoms with E-state index in [1.54, 1.807) is 0 Å². The molecule has 1 amide bonds. The minimum Gasteiger partial charge on any atom is -0.387 e. The second kappa shape index (κ2) is 16.0. The summed E-state index contributed by atoms with van der Waals surface area (Å²) in [5.41, 5.74) is 0. The molecule has 0 aromatic rings. The fourth-order valence-corrected chi connectivity index (χ4v) is 3.47. The van der Waals surface area contributed by atoms with Crippen molar-refractivity contribution < 1.29 is 29.6 Å². The first kappa shape index (κ1) is 26.3. The van der Waals surface area contributed by atoms with E-state index < -0.39 is 36.6 Å². The Labute approximate surface area is 176 Å². The van der Waals surface area contributed by atoms with E-state index in [9.17, 15) is 20.1 Å². The molecule has 0 radical (unpaired) electrons. The largest absolute Gasteiger partial charge is 0.387 e. The molecule has 0 aromatic heterocycles. The molecule has 4 N–H and O–H groups in total. The Morgan fingerprint density at radius 1 is 0.793 bits per heavy atom. The number of nitrogens with one attached hydrogen (secondary N) is 1. The summed E-state index contributed by atoms with van der Waals surface area (Å²) < 4.78 is 10.9. The van der Waals surface area contributed by atoms with Gasteiger partial charge in [-0.05, 0) is 12.8 Å². The molecular weight excluding hydrogens is 374 g/mol. The zero-order chi connectivity index (χ0) is 21.5. The Morgan fingerprint density at radius 3 is 1.93 bits per heavy atom. The lowest BCUT2D eigenvalue weighted by Gasteiger charge is -2.39. The first-order valence-electron chi connectivity index (χ1n) is 11.6. The predicted octanol–water partition coefficient (Wildman–Crippen LogP) is 2.65. The maximum atomic E-state index is 12.4. The van der Waals surface area contributed by atoms with Gasteiger partial charge in [-0.3, -0.25) is 4.79 Å². The van der Waals surface area contributed by atoms with E-state index in [4.69, 9.17) is 9.47 Å². The molecule has 1 heterocycles. The van der Waals surface area contributed by atoms with Gasteiger partial charge in [0.15, 0.2) is 12.4 Å². The zero-order valence-corrected chi connectivity index (χ0v) is 18.4. The number of amides is 1. The third-order valence-corrected chi connectivity index (χ3v) is 5.44. The summed E-state index contributed by atoms with van der Waals surface area (Å²) in [5, 5.41) is 32.9. The molecule has 1 fully saturated rings. The van der Waals surface area contributed by atoms with Crippen molar-refractivity contribution in [2.24, 2.45) is 0 Å². The first-order chi connectivity index (χ1) is 14.0. The number of carbonyl (C=O) groups excluding carboxylic acids is 1. The summed E-state index contributed by atoms with van der Waals surface area (Å²) in [4.78, 5) is 12.4. The molecule has 172 valence electrons. The number of aliphatic hydroxyl groups excluding tert-OH is 3. The van der Waals surface area contributed by atoms with Crippen LogP contribution >= 0.6 is 0 Å². The number of aliphatic hydroxyl groups is 3. The number of unbranched alkanes of at least 4 members (excludes halogenated alkanes) is 10. The Morgan fingerprint density at radius 2 is 1.34 bits per heavy atom. The van der Waals surface area contributed by atoms with Crippen LogP contribution in [0.3, 0.4) is 0 Å². The molecule has 1 saturated heterocycles. The van der Waals surface area contributed by atoms with Gasteiger partial charge in [-0.15, -0.1) is 0 Å². The molecule has 0 bridgehead atoms. The fraction of sp³-hybridized carbons (Fsp3) is 0.955. The number of hydrogen-bond acceptors (Lipinski definition) is 6. The molecule has 0 saturated carbocycles. The summed E-state index contributed by atoms with van der Waals surface area (Å²) in [7, 11) is 0. The SMILES string of the molecule is CCCCCCCCCCCCNC(=O)C1O[C@@H](OCCCC)C(O)[C@@H](O)[C@@H]1O. The van der Waals surface area contributed by atoms with E-state index in [0.717, 1.165) is 32.1 Å². The monoisotopic (exact) mass is 417 g/mol. The van der Waals surface area contributed by atoms with Crippen LogP contribution < -0.4 is 5.32 Å². The summed E-state index contributed by atoms with van der Waals surface area (Å²) in [5.74, 6) is -0.483. The Kier molecular flexibility index (Phi) is 14.5. The highest BCUT2D eigenvalue weighted by Crippen LogP contribution is 2.22. The summed E-state index contributed by atoms with van der Waals surface area (Å²) in [6.07, 6.45) is 7.15. The van der Waals surface area contributed by atoms with Crippen molar-refractivity contribution in [1.82, 2.24) is 5.32 Å². The minimum absolute atomic E-state index is 0.355. The van der Waals surface area contributed by atoms with E-state index in [2.05, 4.69) is 12.2 Å². The van der Waals surface area contributed by atoms with Crippen LogP contribution in [0.5, 0.6) is 0 Å². The smallest absolute Gasteiger partial charge is 0.252 e. The maximum absolute atomic E-state index is 12.4. The van der Waals surface area contributed by atoms with Gasteiger partial charge in [0.25, 0.3) is 5.91 Å². The Bertz CT molecular complexity index is 422. The molecule has 1 rings (SSSR count).